The van der Waals surface area contributed by atoms with E-state index in [0.29, 0.717) is 12.6 Å². The van der Waals surface area contributed by atoms with Gasteiger partial charge in [-0.05, 0) is 45.0 Å². The van der Waals surface area contributed by atoms with E-state index in [4.69, 9.17) is 14.3 Å². The van der Waals surface area contributed by atoms with Crippen LogP contribution in [0.25, 0.3) is 0 Å². The molecule has 1 aromatic carbocycles. The van der Waals surface area contributed by atoms with Gasteiger partial charge < -0.3 is 20.1 Å². The fourth-order valence-electron chi connectivity index (χ4n) is 3.43. The molecule has 2 aromatic rings. The van der Waals surface area contributed by atoms with Gasteiger partial charge in [0, 0.05) is 17.9 Å². The van der Waals surface area contributed by atoms with E-state index in [1.165, 1.54) is 0 Å². The molecule has 1 saturated heterocycles. The maximum absolute atomic E-state index is 5.92. The summed E-state index contributed by atoms with van der Waals surface area (Å²) in [6, 6.07) is 9.63. The van der Waals surface area contributed by atoms with Crippen molar-refractivity contribution in [3.8, 4) is 11.6 Å². The van der Waals surface area contributed by atoms with E-state index >= 15 is 0 Å². The number of hydroxylamine groups is 1. The Kier molecular flexibility index (Phi) is 3.99. The van der Waals surface area contributed by atoms with E-state index in [1.807, 2.05) is 56.0 Å². The molecule has 0 amide bonds. The van der Waals surface area contributed by atoms with Crippen LogP contribution in [0.3, 0.4) is 0 Å². The maximum Gasteiger partial charge on any atom is 0.351 e. The van der Waals surface area contributed by atoms with Crippen molar-refractivity contribution < 1.29 is 14.3 Å². The van der Waals surface area contributed by atoms with Gasteiger partial charge in [0.25, 0.3) is 0 Å². The summed E-state index contributed by atoms with van der Waals surface area (Å²) >= 11 is 0. The van der Waals surface area contributed by atoms with Crippen LogP contribution in [0.5, 0.6) is 11.6 Å². The third-order valence-electron chi connectivity index (χ3n) is 4.74. The number of benzene rings is 1. The molecular weight excluding hydrogens is 372 g/mol. The average Bonchev–Trinajstić information content (AvgIpc) is 3.28. The van der Waals surface area contributed by atoms with Gasteiger partial charge >= 0.3 is 5.97 Å². The zero-order valence-electron chi connectivity index (χ0n) is 16.4. The van der Waals surface area contributed by atoms with Gasteiger partial charge in [-0.3, -0.25) is 4.90 Å². The standard InChI is InChI=1S/C20H22N6O3/c1-12(2)28-18-7-4-14(10-21-18)24-20-23-9-13(3)19(25-29-20)26(20)15-5-6-17-16(8-15)22-11-27-17/h4-10,12,22,24-25H,11H2,1-3H3. The molecule has 0 radical (unpaired) electrons. The molecule has 1 aromatic heterocycles. The number of allylic oxidation sites excluding steroid dienone is 1. The van der Waals surface area contributed by atoms with Crippen LogP contribution in [0.4, 0.5) is 17.1 Å². The topological polar surface area (TPSA) is 92.3 Å². The molecule has 9 nitrogen and oxygen atoms in total. The van der Waals surface area contributed by atoms with Crippen LogP contribution in [0.15, 0.2) is 52.9 Å². The Morgan fingerprint density at radius 2 is 2.17 bits per heavy atom. The molecule has 0 spiro atoms. The first kappa shape index (κ1) is 17.6. The van der Waals surface area contributed by atoms with Gasteiger partial charge in [0.05, 0.1) is 29.4 Å². The minimum atomic E-state index is -1.18. The summed E-state index contributed by atoms with van der Waals surface area (Å²) in [6.07, 6.45) is 3.55. The monoisotopic (exact) mass is 394 g/mol. The molecule has 1 fully saturated rings. The number of ether oxygens (including phenoxy) is 2. The summed E-state index contributed by atoms with van der Waals surface area (Å²) < 4.78 is 11.2. The Balaban J connectivity index is 1.48. The first-order valence-electron chi connectivity index (χ1n) is 9.46. The van der Waals surface area contributed by atoms with Gasteiger partial charge in [-0.15, -0.1) is 0 Å². The van der Waals surface area contributed by atoms with E-state index in [2.05, 4.69) is 26.1 Å². The lowest BCUT2D eigenvalue weighted by atomic mass is 10.2. The summed E-state index contributed by atoms with van der Waals surface area (Å²) in [5, 5.41) is 6.56. The molecule has 3 aliphatic heterocycles. The number of nitrogens with one attached hydrogen (secondary N) is 3. The SMILES string of the molecule is CC1=C2NOC(Nc3ccc(OC(C)C)nc3)(N=C1)N2c1ccc2c(c1)NCO2. The normalized spacial score (nSPS) is 21.6. The zero-order valence-corrected chi connectivity index (χ0v) is 16.4. The van der Waals surface area contributed by atoms with Gasteiger partial charge in [-0.1, -0.05) is 0 Å². The van der Waals surface area contributed by atoms with Gasteiger partial charge in [0.1, 0.15) is 11.6 Å². The van der Waals surface area contributed by atoms with E-state index in [-0.39, 0.29) is 6.10 Å². The first-order valence-corrected chi connectivity index (χ1v) is 9.46. The van der Waals surface area contributed by atoms with E-state index in [9.17, 15) is 0 Å². The van der Waals surface area contributed by atoms with Crippen LogP contribution in [0.1, 0.15) is 20.8 Å². The van der Waals surface area contributed by atoms with Crippen LogP contribution < -0.4 is 30.5 Å². The predicted octanol–water partition coefficient (Wildman–Crippen LogP) is 3.01. The Hall–Kier alpha value is -3.46. The van der Waals surface area contributed by atoms with E-state index in [1.54, 1.807) is 12.4 Å². The largest absolute Gasteiger partial charge is 0.475 e. The summed E-state index contributed by atoms with van der Waals surface area (Å²) in [5.41, 5.74) is 6.54. The Morgan fingerprint density at radius 3 is 2.97 bits per heavy atom. The molecule has 0 aliphatic carbocycles. The minimum Gasteiger partial charge on any atom is -0.475 e. The van der Waals surface area contributed by atoms with Crippen LogP contribution in [0, 0.1) is 0 Å². The summed E-state index contributed by atoms with van der Waals surface area (Å²) in [4.78, 5) is 16.9. The van der Waals surface area contributed by atoms with Crippen molar-refractivity contribution in [2.75, 3.05) is 22.3 Å². The second-order valence-corrected chi connectivity index (χ2v) is 7.26. The molecule has 1 unspecified atom stereocenters. The summed E-state index contributed by atoms with van der Waals surface area (Å²) in [7, 11) is 0. The molecule has 4 heterocycles. The van der Waals surface area contributed by atoms with Gasteiger partial charge in [0.2, 0.25) is 5.88 Å². The van der Waals surface area contributed by atoms with Crippen molar-refractivity contribution in [1.29, 1.82) is 0 Å². The summed E-state index contributed by atoms with van der Waals surface area (Å²) in [6.45, 7) is 6.37. The number of pyridine rings is 1. The lowest BCUT2D eigenvalue weighted by molar-refractivity contribution is -0.0214. The van der Waals surface area contributed by atoms with E-state index in [0.717, 1.165) is 34.2 Å². The maximum atomic E-state index is 5.92. The highest BCUT2D eigenvalue weighted by Gasteiger charge is 2.49. The van der Waals surface area contributed by atoms with Crippen molar-refractivity contribution in [1.82, 2.24) is 10.5 Å². The van der Waals surface area contributed by atoms with Crippen LogP contribution >= 0.6 is 0 Å². The summed E-state index contributed by atoms with van der Waals surface area (Å²) in [5.74, 6) is 1.04. The van der Waals surface area contributed by atoms with Crippen molar-refractivity contribution >= 4 is 23.3 Å². The van der Waals surface area contributed by atoms with Crippen molar-refractivity contribution in [2.45, 2.75) is 32.8 Å². The lowest BCUT2D eigenvalue weighted by Crippen LogP contribution is -2.51. The number of hydrogen-bond acceptors (Lipinski definition) is 9. The zero-order chi connectivity index (χ0) is 20.0. The number of aromatic nitrogens is 1. The Bertz CT molecular complexity index is 1000. The Labute approximate surface area is 168 Å². The first-order chi connectivity index (χ1) is 14.0. The Morgan fingerprint density at radius 1 is 1.28 bits per heavy atom. The fraction of sp³-hybridized carbons (Fsp3) is 0.300. The smallest absolute Gasteiger partial charge is 0.351 e. The molecule has 3 aliphatic rings. The van der Waals surface area contributed by atoms with Crippen molar-refractivity contribution in [3.63, 3.8) is 0 Å². The van der Waals surface area contributed by atoms with Crippen LogP contribution in [0.2, 0.25) is 0 Å². The minimum absolute atomic E-state index is 0.0637. The second-order valence-electron chi connectivity index (χ2n) is 7.26. The molecule has 9 heteroatoms. The molecule has 2 bridgehead atoms. The number of fused-ring (bicyclic) bond motifs is 3. The number of rotatable bonds is 5. The highest BCUT2D eigenvalue weighted by atomic mass is 16.7. The third kappa shape index (κ3) is 2.99. The average molecular weight is 394 g/mol. The van der Waals surface area contributed by atoms with Gasteiger partial charge in [-0.25, -0.2) is 20.3 Å². The number of nitrogens with zero attached hydrogens (tertiary/aromatic N) is 3. The molecule has 3 N–H and O–H groups in total. The van der Waals surface area contributed by atoms with Crippen LogP contribution in [-0.4, -0.2) is 30.0 Å². The second kappa shape index (κ2) is 6.56. The van der Waals surface area contributed by atoms with E-state index < -0.39 is 5.97 Å². The van der Waals surface area contributed by atoms with Crippen molar-refractivity contribution in [3.05, 3.63) is 47.9 Å². The molecule has 0 saturated carbocycles. The highest BCUT2D eigenvalue weighted by molar-refractivity contribution is 5.84. The molecule has 150 valence electrons. The molecule has 1 atom stereocenters. The number of aliphatic imine (C=N–C) groups is 1. The van der Waals surface area contributed by atoms with Crippen molar-refractivity contribution in [2.24, 2.45) is 4.99 Å². The van der Waals surface area contributed by atoms with Gasteiger partial charge in [0.15, 0.2) is 6.73 Å². The molecular formula is C20H22N6O3. The highest BCUT2D eigenvalue weighted by Crippen LogP contribution is 2.42. The molecule has 29 heavy (non-hydrogen) atoms. The third-order valence-corrected chi connectivity index (χ3v) is 4.74. The van der Waals surface area contributed by atoms with Gasteiger partial charge in [-0.2, -0.15) is 0 Å². The molecule has 5 rings (SSSR count). The number of hydrogen-bond donors (Lipinski definition) is 3. The predicted molar refractivity (Wildman–Crippen MR) is 110 cm³/mol. The number of anilines is 3. The lowest BCUT2D eigenvalue weighted by Gasteiger charge is -2.36. The quantitative estimate of drug-likeness (QED) is 0.713. The van der Waals surface area contributed by atoms with Crippen LogP contribution in [-0.2, 0) is 4.84 Å². The fourth-order valence-corrected chi connectivity index (χ4v) is 3.43.